The van der Waals surface area contributed by atoms with Gasteiger partial charge < -0.3 is 9.88 Å². The highest BCUT2D eigenvalue weighted by Gasteiger charge is 2.09. The molecule has 3 rings (SSSR count). The number of carbonyl (C=O) groups is 1. The van der Waals surface area contributed by atoms with Crippen molar-refractivity contribution < 1.29 is 13.2 Å². The lowest BCUT2D eigenvalue weighted by Gasteiger charge is -2.07. The molecule has 6 nitrogen and oxygen atoms in total. The van der Waals surface area contributed by atoms with E-state index in [0.717, 1.165) is 16.5 Å². The lowest BCUT2D eigenvalue weighted by Crippen LogP contribution is -2.22. The summed E-state index contributed by atoms with van der Waals surface area (Å²) in [5.74, 6) is -0.184. The summed E-state index contributed by atoms with van der Waals surface area (Å²) < 4.78 is 24.4. The van der Waals surface area contributed by atoms with Crippen LogP contribution in [-0.2, 0) is 23.6 Å². The lowest BCUT2D eigenvalue weighted by atomic mass is 10.1. The summed E-state index contributed by atoms with van der Waals surface area (Å²) >= 11 is 0. The molecule has 0 saturated carbocycles. The Hall–Kier alpha value is -2.64. The number of primary sulfonamides is 1. The van der Waals surface area contributed by atoms with Crippen molar-refractivity contribution in [2.24, 2.45) is 12.2 Å². The number of carbonyl (C=O) groups excluding carboxylic acids is 1. The van der Waals surface area contributed by atoms with E-state index in [-0.39, 0.29) is 10.8 Å². The Morgan fingerprint density at radius 3 is 2.50 bits per heavy atom. The zero-order valence-electron chi connectivity index (χ0n) is 13.1. The molecule has 24 heavy (non-hydrogen) atoms. The lowest BCUT2D eigenvalue weighted by molar-refractivity contribution is 0.0951. The first kappa shape index (κ1) is 16.2. The normalized spacial score (nSPS) is 11.6. The third-order valence-corrected chi connectivity index (χ3v) is 4.78. The van der Waals surface area contributed by atoms with Gasteiger partial charge in [-0.15, -0.1) is 0 Å². The summed E-state index contributed by atoms with van der Waals surface area (Å²) in [4.78, 5) is 12.3. The zero-order chi connectivity index (χ0) is 17.3. The first-order valence-corrected chi connectivity index (χ1v) is 8.84. The average Bonchev–Trinajstić information content (AvgIpc) is 2.93. The summed E-state index contributed by atoms with van der Waals surface area (Å²) in [6, 6.07) is 13.6. The minimum Gasteiger partial charge on any atom is -0.351 e. The number of aromatic nitrogens is 1. The van der Waals surface area contributed by atoms with E-state index in [1.165, 1.54) is 12.1 Å². The molecular formula is C17H17N3O3S. The third kappa shape index (κ3) is 3.32. The summed E-state index contributed by atoms with van der Waals surface area (Å²) in [5.41, 5.74) is 2.43. The van der Waals surface area contributed by atoms with Crippen molar-refractivity contribution in [3.05, 3.63) is 65.9 Å². The van der Waals surface area contributed by atoms with E-state index in [9.17, 15) is 13.2 Å². The van der Waals surface area contributed by atoms with E-state index >= 15 is 0 Å². The molecule has 0 unspecified atom stereocenters. The molecule has 1 amide bonds. The second-order valence-corrected chi connectivity index (χ2v) is 7.13. The van der Waals surface area contributed by atoms with E-state index in [0.29, 0.717) is 12.1 Å². The number of amides is 1. The van der Waals surface area contributed by atoms with Gasteiger partial charge in [0.05, 0.1) is 4.90 Å². The standard InChI is InChI=1S/C17H17N3O3S/c1-20-9-8-13-10-14(4-7-16(13)20)17(21)19-11-12-2-5-15(6-3-12)24(18,22)23/h2-10H,11H2,1H3,(H,19,21)(H2,18,22,23). The van der Waals surface area contributed by atoms with Crippen molar-refractivity contribution in [3.63, 3.8) is 0 Å². The Balaban J connectivity index is 1.70. The van der Waals surface area contributed by atoms with Gasteiger partial charge in [0.2, 0.25) is 10.0 Å². The van der Waals surface area contributed by atoms with E-state index in [2.05, 4.69) is 5.32 Å². The van der Waals surface area contributed by atoms with Crippen LogP contribution in [0.5, 0.6) is 0 Å². The van der Waals surface area contributed by atoms with Crippen LogP contribution >= 0.6 is 0 Å². The fourth-order valence-electron chi connectivity index (χ4n) is 2.50. The molecule has 2 aromatic carbocycles. The molecule has 1 heterocycles. The summed E-state index contributed by atoms with van der Waals surface area (Å²) in [6.07, 6.45) is 1.94. The number of nitrogens with two attached hydrogens (primary N) is 1. The Labute approximate surface area is 139 Å². The maximum absolute atomic E-state index is 12.3. The van der Waals surface area contributed by atoms with Crippen molar-refractivity contribution in [3.8, 4) is 0 Å². The van der Waals surface area contributed by atoms with Crippen LogP contribution in [0.1, 0.15) is 15.9 Å². The highest BCUT2D eigenvalue weighted by molar-refractivity contribution is 7.89. The molecule has 1 aromatic heterocycles. The largest absolute Gasteiger partial charge is 0.351 e. The highest BCUT2D eigenvalue weighted by atomic mass is 32.2. The highest BCUT2D eigenvalue weighted by Crippen LogP contribution is 2.17. The SMILES string of the molecule is Cn1ccc2cc(C(=O)NCc3ccc(S(N)(=O)=O)cc3)ccc21. The van der Waals surface area contributed by atoms with Crippen LogP contribution in [0.2, 0.25) is 0 Å². The summed E-state index contributed by atoms with van der Waals surface area (Å²) in [5, 5.41) is 8.87. The molecule has 0 aliphatic carbocycles. The van der Waals surface area contributed by atoms with Crippen LogP contribution in [-0.4, -0.2) is 18.9 Å². The predicted molar refractivity (Wildman–Crippen MR) is 91.9 cm³/mol. The van der Waals surface area contributed by atoms with Crippen molar-refractivity contribution >= 4 is 26.8 Å². The van der Waals surface area contributed by atoms with E-state index in [1.807, 2.05) is 36.0 Å². The first-order valence-electron chi connectivity index (χ1n) is 7.29. The van der Waals surface area contributed by atoms with Gasteiger partial charge in [-0.05, 0) is 42.0 Å². The van der Waals surface area contributed by atoms with Crippen LogP contribution < -0.4 is 10.5 Å². The van der Waals surface area contributed by atoms with E-state index < -0.39 is 10.0 Å². The number of hydrogen-bond acceptors (Lipinski definition) is 3. The van der Waals surface area contributed by atoms with Gasteiger partial charge in [-0.2, -0.15) is 0 Å². The van der Waals surface area contributed by atoms with Gasteiger partial charge in [0.1, 0.15) is 0 Å². The second-order valence-electron chi connectivity index (χ2n) is 5.57. The topological polar surface area (TPSA) is 94.2 Å². The molecule has 0 fully saturated rings. The number of fused-ring (bicyclic) bond motifs is 1. The van der Waals surface area contributed by atoms with E-state index in [1.54, 1.807) is 18.2 Å². The third-order valence-electron chi connectivity index (χ3n) is 3.85. The predicted octanol–water partition coefficient (Wildman–Crippen LogP) is 1.76. The molecule has 124 valence electrons. The van der Waals surface area contributed by atoms with Gasteiger partial charge in [-0.3, -0.25) is 4.79 Å². The number of nitrogens with zero attached hydrogens (tertiary/aromatic N) is 1. The molecule has 0 bridgehead atoms. The van der Waals surface area contributed by atoms with Crippen molar-refractivity contribution in [2.45, 2.75) is 11.4 Å². The fraction of sp³-hybridized carbons (Fsp3) is 0.118. The Bertz CT molecular complexity index is 1010. The maximum atomic E-state index is 12.3. The quantitative estimate of drug-likeness (QED) is 0.756. The van der Waals surface area contributed by atoms with Crippen LogP contribution in [0, 0.1) is 0 Å². The zero-order valence-corrected chi connectivity index (χ0v) is 13.9. The van der Waals surface area contributed by atoms with Gasteiger partial charge in [-0.25, -0.2) is 13.6 Å². The molecule has 7 heteroatoms. The molecular weight excluding hydrogens is 326 g/mol. The van der Waals surface area contributed by atoms with Gasteiger partial charge in [0.25, 0.3) is 5.91 Å². The van der Waals surface area contributed by atoms with E-state index in [4.69, 9.17) is 5.14 Å². The maximum Gasteiger partial charge on any atom is 0.251 e. The second kappa shape index (κ2) is 6.10. The van der Waals surface area contributed by atoms with Gasteiger partial charge in [0, 0.05) is 36.3 Å². The van der Waals surface area contributed by atoms with Crippen LogP contribution in [0.15, 0.2) is 59.6 Å². The number of hydrogen-bond donors (Lipinski definition) is 2. The van der Waals surface area contributed by atoms with Gasteiger partial charge >= 0.3 is 0 Å². The number of benzene rings is 2. The number of aryl methyl sites for hydroxylation is 1. The fourth-order valence-corrected chi connectivity index (χ4v) is 3.02. The van der Waals surface area contributed by atoms with Gasteiger partial charge in [-0.1, -0.05) is 12.1 Å². The minimum atomic E-state index is -3.70. The first-order chi connectivity index (χ1) is 11.3. The monoisotopic (exact) mass is 343 g/mol. The molecule has 0 aliphatic heterocycles. The number of nitrogens with one attached hydrogen (secondary N) is 1. The molecule has 0 radical (unpaired) electrons. The number of rotatable bonds is 4. The Kier molecular flexibility index (Phi) is 4.13. The molecule has 0 spiro atoms. The molecule has 0 atom stereocenters. The molecule has 3 N–H and O–H groups in total. The van der Waals surface area contributed by atoms with Crippen molar-refractivity contribution in [1.82, 2.24) is 9.88 Å². The van der Waals surface area contributed by atoms with Crippen molar-refractivity contribution in [1.29, 1.82) is 0 Å². The summed E-state index contributed by atoms with van der Waals surface area (Å²) in [7, 11) is -1.75. The van der Waals surface area contributed by atoms with Crippen LogP contribution in [0.25, 0.3) is 10.9 Å². The Morgan fingerprint density at radius 1 is 1.12 bits per heavy atom. The average molecular weight is 343 g/mol. The van der Waals surface area contributed by atoms with Crippen LogP contribution in [0.4, 0.5) is 0 Å². The minimum absolute atomic E-state index is 0.0482. The molecule has 0 saturated heterocycles. The smallest absolute Gasteiger partial charge is 0.251 e. The van der Waals surface area contributed by atoms with Crippen molar-refractivity contribution in [2.75, 3.05) is 0 Å². The number of sulfonamides is 1. The van der Waals surface area contributed by atoms with Crippen LogP contribution in [0.3, 0.4) is 0 Å². The molecule has 0 aliphatic rings. The Morgan fingerprint density at radius 2 is 1.83 bits per heavy atom. The summed E-state index contributed by atoms with van der Waals surface area (Å²) in [6.45, 7) is 0.302. The van der Waals surface area contributed by atoms with Gasteiger partial charge in [0.15, 0.2) is 0 Å². The molecule has 3 aromatic rings.